The fourth-order valence-corrected chi connectivity index (χ4v) is 3.19. The first-order valence-electron chi connectivity index (χ1n) is 5.84. The minimum Gasteiger partial charge on any atom is -0.496 e. The van der Waals surface area contributed by atoms with Crippen LogP contribution in [0, 0.1) is 0 Å². The first kappa shape index (κ1) is 13.5. The van der Waals surface area contributed by atoms with Crippen molar-refractivity contribution in [1.82, 2.24) is 0 Å². The highest BCUT2D eigenvalue weighted by Crippen LogP contribution is 2.29. The van der Waals surface area contributed by atoms with Crippen LogP contribution < -0.4 is 9.64 Å². The predicted molar refractivity (Wildman–Crippen MR) is 72.9 cm³/mol. The molecule has 18 heavy (non-hydrogen) atoms. The van der Waals surface area contributed by atoms with Gasteiger partial charge in [-0.2, -0.15) is 0 Å². The maximum atomic E-state index is 11.2. The molecule has 0 amide bonds. The predicted octanol–water partition coefficient (Wildman–Crippen LogP) is 2.36. The Labute approximate surface area is 112 Å². The lowest BCUT2D eigenvalue weighted by molar-refractivity contribution is 0.411. The number of benzene rings is 1. The molecule has 0 radical (unpaired) electrons. The van der Waals surface area contributed by atoms with E-state index in [-0.39, 0.29) is 5.75 Å². The summed E-state index contributed by atoms with van der Waals surface area (Å²) in [5, 5.41) is 0. The Morgan fingerprint density at radius 3 is 2.56 bits per heavy atom. The van der Waals surface area contributed by atoms with E-state index in [4.69, 9.17) is 15.4 Å². The fraction of sp³-hybridized carbons (Fsp3) is 0.500. The molecule has 6 heteroatoms. The average Bonchev–Trinajstić information content (AvgIpc) is 2.80. The summed E-state index contributed by atoms with van der Waals surface area (Å²) < 4.78 is 27.6. The van der Waals surface area contributed by atoms with Crippen LogP contribution in [0.4, 0.5) is 5.69 Å². The van der Waals surface area contributed by atoms with Gasteiger partial charge < -0.3 is 9.64 Å². The van der Waals surface area contributed by atoms with E-state index in [1.807, 2.05) is 12.1 Å². The van der Waals surface area contributed by atoms with E-state index in [1.165, 1.54) is 20.0 Å². The number of nitrogens with zero attached hydrogens (tertiary/aromatic N) is 1. The normalized spacial score (nSPS) is 16.0. The van der Waals surface area contributed by atoms with Gasteiger partial charge >= 0.3 is 0 Å². The van der Waals surface area contributed by atoms with Crippen LogP contribution in [0.25, 0.3) is 0 Å². The summed E-state index contributed by atoms with van der Waals surface area (Å²) >= 11 is 0. The summed E-state index contributed by atoms with van der Waals surface area (Å²) in [4.78, 5) is 2.24. The lowest BCUT2D eigenvalue weighted by Gasteiger charge is -2.19. The number of anilines is 1. The molecule has 0 saturated carbocycles. The van der Waals surface area contributed by atoms with E-state index < -0.39 is 9.05 Å². The number of hydrogen-bond donors (Lipinski definition) is 0. The highest BCUT2D eigenvalue weighted by molar-refractivity contribution is 8.13. The average molecular weight is 290 g/mol. The lowest BCUT2D eigenvalue weighted by atomic mass is 10.2. The summed E-state index contributed by atoms with van der Waals surface area (Å²) in [5.74, 6) is 0.349. The third-order valence-electron chi connectivity index (χ3n) is 3.06. The topological polar surface area (TPSA) is 46.6 Å². The van der Waals surface area contributed by atoms with E-state index in [1.54, 1.807) is 6.07 Å². The third-order valence-corrected chi connectivity index (χ3v) is 4.05. The Morgan fingerprint density at radius 2 is 2.00 bits per heavy atom. The molecule has 1 aliphatic rings. The van der Waals surface area contributed by atoms with Gasteiger partial charge in [0.15, 0.2) is 0 Å². The van der Waals surface area contributed by atoms with Crippen LogP contribution in [-0.4, -0.2) is 28.6 Å². The van der Waals surface area contributed by atoms with Crippen LogP contribution >= 0.6 is 10.7 Å². The maximum absolute atomic E-state index is 11.2. The SMILES string of the molecule is COc1ccc(N2CCCC2)cc1CS(=O)(=O)Cl. The van der Waals surface area contributed by atoms with Crippen LogP contribution in [-0.2, 0) is 14.8 Å². The first-order valence-corrected chi connectivity index (χ1v) is 8.31. The number of ether oxygens (including phenoxy) is 1. The van der Waals surface area contributed by atoms with Crippen molar-refractivity contribution in [3.05, 3.63) is 23.8 Å². The van der Waals surface area contributed by atoms with Crippen molar-refractivity contribution in [2.45, 2.75) is 18.6 Å². The van der Waals surface area contributed by atoms with Crippen LogP contribution in [0.5, 0.6) is 5.75 Å². The smallest absolute Gasteiger partial charge is 0.236 e. The number of hydrogen-bond acceptors (Lipinski definition) is 4. The quantitative estimate of drug-likeness (QED) is 0.799. The van der Waals surface area contributed by atoms with Crippen molar-refractivity contribution in [2.75, 3.05) is 25.1 Å². The van der Waals surface area contributed by atoms with Gasteiger partial charge in [-0.25, -0.2) is 8.42 Å². The number of halogens is 1. The Bertz CT molecular complexity index is 524. The lowest BCUT2D eigenvalue weighted by Crippen LogP contribution is -2.17. The van der Waals surface area contributed by atoms with Gasteiger partial charge in [-0.1, -0.05) is 0 Å². The maximum Gasteiger partial charge on any atom is 0.236 e. The van der Waals surface area contributed by atoms with Crippen molar-refractivity contribution in [1.29, 1.82) is 0 Å². The van der Waals surface area contributed by atoms with Gasteiger partial charge in [0.2, 0.25) is 9.05 Å². The zero-order valence-corrected chi connectivity index (χ0v) is 11.8. The van der Waals surface area contributed by atoms with Crippen LogP contribution in [0.1, 0.15) is 18.4 Å². The van der Waals surface area contributed by atoms with Gasteiger partial charge in [0, 0.05) is 35.0 Å². The molecular weight excluding hydrogens is 274 g/mol. The van der Waals surface area contributed by atoms with E-state index in [0.717, 1.165) is 18.8 Å². The minimum absolute atomic E-state index is 0.209. The second-order valence-electron chi connectivity index (χ2n) is 4.37. The molecule has 1 aromatic rings. The molecule has 0 spiro atoms. The molecule has 0 aromatic heterocycles. The molecule has 1 aromatic carbocycles. The van der Waals surface area contributed by atoms with Crippen molar-refractivity contribution in [2.24, 2.45) is 0 Å². The molecule has 1 heterocycles. The molecule has 0 N–H and O–H groups in total. The summed E-state index contributed by atoms with van der Waals surface area (Å²) in [5.41, 5.74) is 1.64. The van der Waals surface area contributed by atoms with Gasteiger partial charge in [-0.15, -0.1) is 0 Å². The molecular formula is C12H16ClNO3S. The van der Waals surface area contributed by atoms with Gasteiger partial charge in [0.1, 0.15) is 5.75 Å². The molecule has 0 unspecified atom stereocenters. The molecule has 1 saturated heterocycles. The third kappa shape index (κ3) is 3.29. The van der Waals surface area contributed by atoms with E-state index >= 15 is 0 Å². The van der Waals surface area contributed by atoms with Gasteiger partial charge in [-0.05, 0) is 31.0 Å². The van der Waals surface area contributed by atoms with Crippen molar-refractivity contribution in [3.63, 3.8) is 0 Å². The molecule has 1 aliphatic heterocycles. The minimum atomic E-state index is -3.58. The molecule has 4 nitrogen and oxygen atoms in total. The largest absolute Gasteiger partial charge is 0.496 e. The Balaban J connectivity index is 2.32. The van der Waals surface area contributed by atoms with Gasteiger partial charge in [0.25, 0.3) is 0 Å². The number of methoxy groups -OCH3 is 1. The van der Waals surface area contributed by atoms with Gasteiger partial charge in [0.05, 0.1) is 12.9 Å². The first-order chi connectivity index (χ1) is 8.49. The standard InChI is InChI=1S/C12H16ClNO3S/c1-17-12-5-4-11(14-6-2-3-7-14)8-10(12)9-18(13,15)16/h4-5,8H,2-3,6-7,9H2,1H3. The molecule has 0 atom stereocenters. The Morgan fingerprint density at radius 1 is 1.33 bits per heavy atom. The molecule has 0 bridgehead atoms. The fourth-order valence-electron chi connectivity index (χ4n) is 2.24. The number of rotatable bonds is 4. The summed E-state index contributed by atoms with van der Waals surface area (Å²) in [7, 11) is 3.26. The Kier molecular flexibility index (Phi) is 4.02. The summed E-state index contributed by atoms with van der Waals surface area (Å²) in [6, 6.07) is 5.60. The van der Waals surface area contributed by atoms with E-state index in [9.17, 15) is 8.42 Å². The van der Waals surface area contributed by atoms with Crippen LogP contribution in [0.3, 0.4) is 0 Å². The monoisotopic (exact) mass is 289 g/mol. The summed E-state index contributed by atoms with van der Waals surface area (Å²) in [6.07, 6.45) is 2.35. The van der Waals surface area contributed by atoms with Crippen molar-refractivity contribution in [3.8, 4) is 5.75 Å². The highest BCUT2D eigenvalue weighted by Gasteiger charge is 2.17. The molecule has 1 fully saturated rings. The Hall–Kier alpha value is -0.940. The van der Waals surface area contributed by atoms with Crippen LogP contribution in [0.2, 0.25) is 0 Å². The van der Waals surface area contributed by atoms with Crippen molar-refractivity contribution >= 4 is 25.4 Å². The summed E-state index contributed by atoms with van der Waals surface area (Å²) in [6.45, 7) is 2.03. The van der Waals surface area contributed by atoms with E-state index in [0.29, 0.717) is 11.3 Å². The second kappa shape index (κ2) is 5.36. The molecule has 0 aliphatic carbocycles. The van der Waals surface area contributed by atoms with Crippen LogP contribution in [0.15, 0.2) is 18.2 Å². The zero-order chi connectivity index (χ0) is 13.2. The second-order valence-corrected chi connectivity index (χ2v) is 7.15. The zero-order valence-electron chi connectivity index (χ0n) is 10.2. The van der Waals surface area contributed by atoms with Crippen molar-refractivity contribution < 1.29 is 13.2 Å². The van der Waals surface area contributed by atoms with Gasteiger partial charge in [-0.3, -0.25) is 0 Å². The highest BCUT2D eigenvalue weighted by atomic mass is 35.7. The van der Waals surface area contributed by atoms with E-state index in [2.05, 4.69) is 4.90 Å². The molecule has 100 valence electrons. The molecule has 2 rings (SSSR count).